The molecule has 2 N–H and O–H groups in total. The lowest BCUT2D eigenvalue weighted by atomic mass is 9.76. The molecule has 1 fully saturated rings. The van der Waals surface area contributed by atoms with Crippen molar-refractivity contribution in [3.05, 3.63) is 70.4 Å². The Bertz CT molecular complexity index is 1120. The standard InChI is InChI=1S/C25H27F3N2O2/c1-15-11-16(2)23-20(7-9-29-23)21(15)12-19-8-10-30(14-25(26,27)28)13-22(19)17-3-5-18(6-4-17)24(31)32/h3-7,9,11,19,22,29H,8,10,12-14H2,1-2H3,(H,31,32)/t19-,22-/m0/s1. The van der Waals surface area contributed by atoms with Gasteiger partial charge in [-0.2, -0.15) is 13.2 Å². The zero-order chi connectivity index (χ0) is 23.0. The van der Waals surface area contributed by atoms with Gasteiger partial charge in [-0.25, -0.2) is 4.79 Å². The fourth-order valence-corrected chi connectivity index (χ4v) is 5.14. The number of hydrogen-bond acceptors (Lipinski definition) is 2. The number of hydrogen-bond donors (Lipinski definition) is 2. The smallest absolute Gasteiger partial charge is 0.401 e. The van der Waals surface area contributed by atoms with Gasteiger partial charge in [-0.3, -0.25) is 4.90 Å². The molecule has 1 aliphatic rings. The third-order valence-corrected chi connectivity index (χ3v) is 6.67. The van der Waals surface area contributed by atoms with E-state index < -0.39 is 18.7 Å². The Kier molecular flexibility index (Phi) is 6.03. The molecule has 2 heterocycles. The van der Waals surface area contributed by atoms with Crippen LogP contribution >= 0.6 is 0 Å². The van der Waals surface area contributed by atoms with E-state index in [-0.39, 0.29) is 17.4 Å². The predicted octanol–water partition coefficient (Wildman–Crippen LogP) is 5.69. The number of piperidine rings is 1. The van der Waals surface area contributed by atoms with E-state index in [0.29, 0.717) is 19.5 Å². The molecular weight excluding hydrogens is 417 g/mol. The first kappa shape index (κ1) is 22.4. The summed E-state index contributed by atoms with van der Waals surface area (Å²) in [7, 11) is 0. The molecule has 0 radical (unpaired) electrons. The second-order valence-corrected chi connectivity index (χ2v) is 8.89. The van der Waals surface area contributed by atoms with Crippen LogP contribution in [-0.2, 0) is 6.42 Å². The Balaban J connectivity index is 1.67. The van der Waals surface area contributed by atoms with Crippen molar-refractivity contribution in [2.45, 2.75) is 38.8 Å². The first-order valence-corrected chi connectivity index (χ1v) is 10.8. The van der Waals surface area contributed by atoms with Gasteiger partial charge in [0.25, 0.3) is 0 Å². The number of alkyl halides is 3. The number of benzene rings is 2. The third-order valence-electron chi connectivity index (χ3n) is 6.67. The van der Waals surface area contributed by atoms with Gasteiger partial charge in [-0.1, -0.05) is 18.2 Å². The van der Waals surface area contributed by atoms with E-state index in [1.165, 1.54) is 27.0 Å². The Hall–Kier alpha value is -2.80. The van der Waals surface area contributed by atoms with Crippen molar-refractivity contribution in [1.82, 2.24) is 9.88 Å². The molecule has 0 aliphatic carbocycles. The van der Waals surface area contributed by atoms with E-state index in [4.69, 9.17) is 0 Å². The van der Waals surface area contributed by atoms with Crippen molar-refractivity contribution in [3.8, 4) is 0 Å². The Labute approximate surface area is 185 Å². The number of carboxylic acid groups (broad SMARTS) is 1. The Morgan fingerprint density at radius 3 is 2.53 bits per heavy atom. The van der Waals surface area contributed by atoms with Crippen LogP contribution in [0.3, 0.4) is 0 Å². The summed E-state index contributed by atoms with van der Waals surface area (Å²) in [5, 5.41) is 10.4. The molecule has 0 bridgehead atoms. The zero-order valence-corrected chi connectivity index (χ0v) is 18.2. The first-order chi connectivity index (χ1) is 15.1. The molecule has 0 spiro atoms. The second kappa shape index (κ2) is 8.62. The van der Waals surface area contributed by atoms with E-state index in [1.807, 2.05) is 6.20 Å². The summed E-state index contributed by atoms with van der Waals surface area (Å²) in [6.45, 7) is 3.93. The maximum Gasteiger partial charge on any atom is 0.401 e. The van der Waals surface area contributed by atoms with E-state index in [2.05, 4.69) is 31.0 Å². The summed E-state index contributed by atoms with van der Waals surface area (Å²) in [6, 6.07) is 10.8. The van der Waals surface area contributed by atoms with Crippen LogP contribution in [-0.4, -0.2) is 46.8 Å². The first-order valence-electron chi connectivity index (χ1n) is 10.8. The number of rotatable bonds is 5. The summed E-state index contributed by atoms with van der Waals surface area (Å²) in [6.07, 6.45) is -0.892. The molecule has 1 aliphatic heterocycles. The minimum absolute atomic E-state index is 0.108. The quantitative estimate of drug-likeness (QED) is 0.531. The van der Waals surface area contributed by atoms with E-state index in [0.717, 1.165) is 17.5 Å². The summed E-state index contributed by atoms with van der Waals surface area (Å²) in [5.74, 6) is -0.959. The lowest BCUT2D eigenvalue weighted by Crippen LogP contribution is -2.44. The van der Waals surface area contributed by atoms with E-state index in [1.54, 1.807) is 24.3 Å². The number of nitrogens with zero attached hydrogens (tertiary/aromatic N) is 1. The number of carbonyl (C=O) groups is 1. The molecular formula is C25H27F3N2O2. The maximum atomic E-state index is 13.1. The van der Waals surface area contributed by atoms with Crippen LogP contribution in [0.4, 0.5) is 13.2 Å². The summed E-state index contributed by atoms with van der Waals surface area (Å²) in [5.41, 5.74) is 5.76. The van der Waals surface area contributed by atoms with Crippen LogP contribution in [0, 0.1) is 19.8 Å². The number of halogens is 3. The molecule has 3 aromatic rings. The highest BCUT2D eigenvalue weighted by Gasteiger charge is 2.37. The van der Waals surface area contributed by atoms with Crippen LogP contribution in [0.2, 0.25) is 0 Å². The minimum atomic E-state index is -4.24. The summed E-state index contributed by atoms with van der Waals surface area (Å²) < 4.78 is 39.2. The number of fused-ring (bicyclic) bond motifs is 1. The highest BCUT2D eigenvalue weighted by atomic mass is 19.4. The number of aromatic carboxylic acids is 1. The molecule has 32 heavy (non-hydrogen) atoms. The minimum Gasteiger partial charge on any atom is -0.478 e. The molecule has 4 rings (SSSR count). The van der Waals surface area contributed by atoms with Gasteiger partial charge in [0.05, 0.1) is 12.1 Å². The van der Waals surface area contributed by atoms with Crippen molar-refractivity contribution in [3.63, 3.8) is 0 Å². The molecule has 2 atom stereocenters. The lowest BCUT2D eigenvalue weighted by Gasteiger charge is -2.39. The van der Waals surface area contributed by atoms with Gasteiger partial charge in [-0.05, 0) is 85.5 Å². The normalized spacial score (nSPS) is 20.0. The van der Waals surface area contributed by atoms with E-state index in [9.17, 15) is 23.1 Å². The zero-order valence-electron chi connectivity index (χ0n) is 18.2. The van der Waals surface area contributed by atoms with Gasteiger partial charge >= 0.3 is 12.1 Å². The molecule has 0 unspecified atom stereocenters. The van der Waals surface area contributed by atoms with Crippen LogP contribution in [0.25, 0.3) is 10.9 Å². The second-order valence-electron chi connectivity index (χ2n) is 8.89. The average Bonchev–Trinajstić information content (AvgIpc) is 3.21. The average molecular weight is 444 g/mol. The topological polar surface area (TPSA) is 56.3 Å². The van der Waals surface area contributed by atoms with Gasteiger partial charge in [0.2, 0.25) is 0 Å². The van der Waals surface area contributed by atoms with Crippen LogP contribution in [0.15, 0.2) is 42.6 Å². The van der Waals surface area contributed by atoms with Crippen molar-refractivity contribution < 1.29 is 23.1 Å². The molecule has 1 aromatic heterocycles. The highest BCUT2D eigenvalue weighted by molar-refractivity contribution is 5.88. The number of aryl methyl sites for hydroxylation is 2. The van der Waals surface area contributed by atoms with Crippen molar-refractivity contribution >= 4 is 16.9 Å². The molecule has 0 saturated carbocycles. The van der Waals surface area contributed by atoms with E-state index >= 15 is 0 Å². The maximum absolute atomic E-state index is 13.1. The van der Waals surface area contributed by atoms with Gasteiger partial charge in [0.15, 0.2) is 0 Å². The number of aromatic nitrogens is 1. The van der Waals surface area contributed by atoms with Gasteiger partial charge in [0, 0.05) is 23.6 Å². The fraction of sp³-hybridized carbons (Fsp3) is 0.400. The van der Waals surface area contributed by atoms with Crippen LogP contribution in [0.5, 0.6) is 0 Å². The van der Waals surface area contributed by atoms with Crippen LogP contribution < -0.4 is 0 Å². The number of carboxylic acids is 1. The van der Waals surface area contributed by atoms with Crippen molar-refractivity contribution in [2.75, 3.05) is 19.6 Å². The molecule has 1 saturated heterocycles. The number of nitrogens with one attached hydrogen (secondary N) is 1. The molecule has 4 nitrogen and oxygen atoms in total. The molecule has 2 aromatic carbocycles. The number of likely N-dealkylation sites (tertiary alicyclic amines) is 1. The largest absolute Gasteiger partial charge is 0.478 e. The van der Waals surface area contributed by atoms with Gasteiger partial charge in [-0.15, -0.1) is 0 Å². The van der Waals surface area contributed by atoms with Crippen molar-refractivity contribution in [2.24, 2.45) is 5.92 Å². The summed E-state index contributed by atoms with van der Waals surface area (Å²) in [4.78, 5) is 16.0. The van der Waals surface area contributed by atoms with Crippen molar-refractivity contribution in [1.29, 1.82) is 0 Å². The van der Waals surface area contributed by atoms with Crippen LogP contribution in [0.1, 0.15) is 45.0 Å². The highest BCUT2D eigenvalue weighted by Crippen LogP contribution is 2.38. The fourth-order valence-electron chi connectivity index (χ4n) is 5.14. The Morgan fingerprint density at radius 2 is 1.88 bits per heavy atom. The monoisotopic (exact) mass is 444 g/mol. The lowest BCUT2D eigenvalue weighted by molar-refractivity contribution is -0.149. The Morgan fingerprint density at radius 1 is 1.16 bits per heavy atom. The number of H-pyrrole nitrogens is 1. The molecule has 170 valence electrons. The third kappa shape index (κ3) is 4.67. The SMILES string of the molecule is Cc1cc(C)c2[nH]ccc2c1C[C@@H]1CCN(CC(F)(F)F)C[C@H]1c1ccc(C(=O)O)cc1. The van der Waals surface area contributed by atoms with Gasteiger partial charge in [0.1, 0.15) is 0 Å². The number of aromatic amines is 1. The molecule has 7 heteroatoms. The summed E-state index contributed by atoms with van der Waals surface area (Å²) >= 11 is 0. The predicted molar refractivity (Wildman–Crippen MR) is 118 cm³/mol. The van der Waals surface area contributed by atoms with Gasteiger partial charge < -0.3 is 10.1 Å². The molecule has 0 amide bonds.